The molecule has 1 heterocycles. The highest BCUT2D eigenvalue weighted by Crippen LogP contribution is 2.23. The Morgan fingerprint density at radius 3 is 2.66 bits per heavy atom. The van der Waals surface area contributed by atoms with E-state index in [1.165, 1.54) is 24.3 Å². The second kappa shape index (κ2) is 8.66. The van der Waals surface area contributed by atoms with Crippen molar-refractivity contribution in [3.05, 3.63) is 74.3 Å². The predicted octanol–water partition coefficient (Wildman–Crippen LogP) is 5.38. The first-order valence-corrected chi connectivity index (χ1v) is 9.80. The van der Waals surface area contributed by atoms with Crippen molar-refractivity contribution in [3.63, 3.8) is 0 Å². The van der Waals surface area contributed by atoms with Crippen LogP contribution in [0.15, 0.2) is 41.2 Å². The van der Waals surface area contributed by atoms with Crippen LogP contribution in [0, 0.1) is 19.7 Å². The van der Waals surface area contributed by atoms with Crippen molar-refractivity contribution in [2.45, 2.75) is 33.7 Å². The molecule has 7 heteroatoms. The van der Waals surface area contributed by atoms with E-state index >= 15 is 0 Å². The van der Waals surface area contributed by atoms with Crippen LogP contribution in [0.5, 0.6) is 0 Å². The van der Waals surface area contributed by atoms with Gasteiger partial charge in [-0.25, -0.2) is 9.18 Å². The average Bonchev–Trinajstić information content (AvgIpc) is 2.65. The largest absolute Gasteiger partial charge is 0.322 e. The molecule has 1 aromatic heterocycles. The van der Waals surface area contributed by atoms with Gasteiger partial charge < -0.3 is 15.2 Å². The first kappa shape index (κ1) is 20.9. The van der Waals surface area contributed by atoms with Crippen molar-refractivity contribution in [1.29, 1.82) is 0 Å². The van der Waals surface area contributed by atoms with Crippen LogP contribution in [0.3, 0.4) is 0 Å². The van der Waals surface area contributed by atoms with Crippen molar-refractivity contribution in [3.8, 4) is 0 Å². The molecule has 0 aliphatic heterocycles. The number of amides is 2. The molecule has 0 radical (unpaired) electrons. The van der Waals surface area contributed by atoms with Gasteiger partial charge in [0.2, 0.25) is 5.56 Å². The lowest BCUT2D eigenvalue weighted by Gasteiger charge is -2.23. The molecule has 0 saturated heterocycles. The summed E-state index contributed by atoms with van der Waals surface area (Å²) in [5.74, 6) is -0.546. The zero-order valence-electron chi connectivity index (χ0n) is 16.6. The predicted molar refractivity (Wildman–Crippen MR) is 115 cm³/mol. The number of hydrogen-bond donors (Lipinski definition) is 2. The van der Waals surface area contributed by atoms with Crippen LogP contribution in [0.1, 0.15) is 30.0 Å². The van der Waals surface area contributed by atoms with Crippen molar-refractivity contribution in [2.24, 2.45) is 0 Å². The average molecular weight is 416 g/mol. The van der Waals surface area contributed by atoms with Crippen LogP contribution in [-0.2, 0) is 6.54 Å². The minimum absolute atomic E-state index is 0.0589. The van der Waals surface area contributed by atoms with Gasteiger partial charge in [0.1, 0.15) is 5.82 Å². The van der Waals surface area contributed by atoms with Gasteiger partial charge >= 0.3 is 6.03 Å². The fourth-order valence-corrected chi connectivity index (χ4v) is 3.60. The molecule has 29 heavy (non-hydrogen) atoms. The van der Waals surface area contributed by atoms with E-state index in [1.807, 2.05) is 32.9 Å². The number of carbonyl (C=O) groups excluding carboxylic acids is 1. The van der Waals surface area contributed by atoms with Crippen molar-refractivity contribution in [1.82, 2.24) is 9.88 Å². The Labute approximate surface area is 173 Å². The number of anilines is 1. The number of nitrogens with zero attached hydrogens (tertiary/aromatic N) is 1. The first-order chi connectivity index (χ1) is 13.8. The highest BCUT2D eigenvalue weighted by molar-refractivity contribution is 6.31. The van der Waals surface area contributed by atoms with Gasteiger partial charge in [-0.05, 0) is 55.7 Å². The fourth-order valence-electron chi connectivity index (χ4n) is 3.42. The monoisotopic (exact) mass is 415 g/mol. The van der Waals surface area contributed by atoms with Crippen molar-refractivity contribution < 1.29 is 9.18 Å². The highest BCUT2D eigenvalue weighted by atomic mass is 35.5. The van der Waals surface area contributed by atoms with E-state index < -0.39 is 5.82 Å². The number of aromatic amines is 1. The quantitative estimate of drug-likeness (QED) is 0.587. The molecule has 3 rings (SSSR count). The van der Waals surface area contributed by atoms with Gasteiger partial charge in [-0.15, -0.1) is 0 Å². The molecule has 0 fully saturated rings. The Balaban J connectivity index is 1.93. The summed E-state index contributed by atoms with van der Waals surface area (Å²) in [7, 11) is 0. The maximum Gasteiger partial charge on any atom is 0.322 e. The second-order valence-corrected chi connectivity index (χ2v) is 7.55. The number of urea groups is 1. The molecular weight excluding hydrogens is 393 g/mol. The maximum atomic E-state index is 13.4. The van der Waals surface area contributed by atoms with Crippen LogP contribution < -0.4 is 10.9 Å². The number of H-pyrrole nitrogens is 1. The molecule has 152 valence electrons. The van der Waals surface area contributed by atoms with Crippen LogP contribution in [-0.4, -0.2) is 22.5 Å². The van der Waals surface area contributed by atoms with Gasteiger partial charge in [0.15, 0.2) is 0 Å². The van der Waals surface area contributed by atoms with E-state index in [0.717, 1.165) is 34.0 Å². The lowest BCUT2D eigenvalue weighted by atomic mass is 10.0. The number of halogens is 2. The molecule has 5 nitrogen and oxygen atoms in total. The molecule has 0 saturated carbocycles. The third kappa shape index (κ3) is 4.77. The number of benzene rings is 2. The Bertz CT molecular complexity index is 1130. The minimum atomic E-state index is -0.546. The van der Waals surface area contributed by atoms with Gasteiger partial charge in [0, 0.05) is 30.2 Å². The summed E-state index contributed by atoms with van der Waals surface area (Å²) in [5, 5.41) is 3.61. The van der Waals surface area contributed by atoms with Gasteiger partial charge in [0.05, 0.1) is 10.5 Å². The molecule has 0 unspecified atom stereocenters. The summed E-state index contributed by atoms with van der Waals surface area (Å²) in [4.78, 5) is 29.6. The Morgan fingerprint density at radius 1 is 1.21 bits per heavy atom. The van der Waals surface area contributed by atoms with Crippen molar-refractivity contribution >= 4 is 34.2 Å². The van der Waals surface area contributed by atoms with Crippen LogP contribution in [0.4, 0.5) is 14.9 Å². The summed E-state index contributed by atoms with van der Waals surface area (Å²) in [6.07, 6.45) is 0.747. The number of carbonyl (C=O) groups is 1. The molecule has 0 spiro atoms. The number of hydrogen-bond acceptors (Lipinski definition) is 2. The fraction of sp³-hybridized carbons (Fsp3) is 0.273. The van der Waals surface area contributed by atoms with Crippen LogP contribution in [0.25, 0.3) is 10.9 Å². The van der Waals surface area contributed by atoms with Gasteiger partial charge in [-0.3, -0.25) is 4.79 Å². The maximum absolute atomic E-state index is 13.4. The van der Waals surface area contributed by atoms with Gasteiger partial charge in [0.25, 0.3) is 0 Å². The summed E-state index contributed by atoms with van der Waals surface area (Å²) in [6.45, 7) is 6.69. The molecule has 2 N–H and O–H groups in total. The zero-order chi connectivity index (χ0) is 21.1. The SMILES string of the molecule is CCCN(Cc1cc(=O)[nH]c2c(C)cc(C)cc12)C(=O)Nc1ccc(F)c(Cl)c1. The molecule has 0 aliphatic carbocycles. The third-order valence-electron chi connectivity index (χ3n) is 4.69. The lowest BCUT2D eigenvalue weighted by molar-refractivity contribution is 0.209. The number of fused-ring (bicyclic) bond motifs is 1. The van der Waals surface area contributed by atoms with E-state index in [-0.39, 0.29) is 23.2 Å². The van der Waals surface area contributed by atoms with Gasteiger partial charge in [-0.1, -0.05) is 30.2 Å². The number of rotatable bonds is 5. The second-order valence-electron chi connectivity index (χ2n) is 7.14. The Hall–Kier alpha value is -2.86. The smallest absolute Gasteiger partial charge is 0.322 e. The summed E-state index contributed by atoms with van der Waals surface area (Å²) in [6, 6.07) is 9.25. The molecule has 2 amide bonds. The Morgan fingerprint density at radius 2 is 1.97 bits per heavy atom. The summed E-state index contributed by atoms with van der Waals surface area (Å²) in [5.41, 5.74) is 3.81. The first-order valence-electron chi connectivity index (χ1n) is 9.42. The van der Waals surface area contributed by atoms with E-state index in [0.29, 0.717) is 12.2 Å². The standard InChI is InChI=1S/C22H23ClFN3O2/c1-4-7-27(22(29)25-16-5-6-19(24)18(23)11-16)12-15-10-20(28)26-21-14(3)8-13(2)9-17(15)21/h5-6,8-11H,4,7,12H2,1-3H3,(H,25,29)(H,26,28). The van der Waals surface area contributed by atoms with E-state index in [1.54, 1.807) is 4.90 Å². The molecule has 0 bridgehead atoms. The van der Waals surface area contributed by atoms with E-state index in [2.05, 4.69) is 10.3 Å². The summed E-state index contributed by atoms with van der Waals surface area (Å²) < 4.78 is 13.4. The lowest BCUT2D eigenvalue weighted by Crippen LogP contribution is -2.35. The topological polar surface area (TPSA) is 65.2 Å². The highest BCUT2D eigenvalue weighted by Gasteiger charge is 2.17. The van der Waals surface area contributed by atoms with Crippen LogP contribution in [0.2, 0.25) is 5.02 Å². The Kier molecular flexibility index (Phi) is 6.23. The molecular formula is C22H23ClFN3O2. The normalized spacial score (nSPS) is 10.9. The van der Waals surface area contributed by atoms with E-state index in [9.17, 15) is 14.0 Å². The van der Waals surface area contributed by atoms with Crippen LogP contribution >= 0.6 is 11.6 Å². The zero-order valence-corrected chi connectivity index (χ0v) is 17.4. The third-order valence-corrected chi connectivity index (χ3v) is 4.98. The number of pyridine rings is 1. The van der Waals surface area contributed by atoms with Gasteiger partial charge in [-0.2, -0.15) is 0 Å². The number of nitrogens with one attached hydrogen (secondary N) is 2. The number of aromatic nitrogens is 1. The molecule has 2 aromatic carbocycles. The number of aryl methyl sites for hydroxylation is 2. The van der Waals surface area contributed by atoms with Crippen molar-refractivity contribution in [2.75, 3.05) is 11.9 Å². The molecule has 3 aromatic rings. The molecule has 0 aliphatic rings. The summed E-state index contributed by atoms with van der Waals surface area (Å²) >= 11 is 5.80. The minimum Gasteiger partial charge on any atom is -0.322 e. The van der Waals surface area contributed by atoms with E-state index in [4.69, 9.17) is 11.6 Å². The molecule has 0 atom stereocenters.